The van der Waals surface area contributed by atoms with Crippen molar-refractivity contribution in [1.82, 2.24) is 5.32 Å². The molecular weight excluding hydrogens is 242 g/mol. The summed E-state index contributed by atoms with van der Waals surface area (Å²) in [5.74, 6) is -0.906. The Morgan fingerprint density at radius 3 is 2.37 bits per heavy atom. The number of hydrogen-bond acceptors (Lipinski definition) is 3. The number of carboxylic acids is 1. The Balaban J connectivity index is 1.80. The Bertz CT molecular complexity index is 422. The minimum absolute atomic E-state index is 0.301. The third-order valence-electron chi connectivity index (χ3n) is 3.77. The van der Waals surface area contributed by atoms with Crippen LogP contribution in [0.1, 0.15) is 48.0 Å². The molecule has 1 saturated carbocycles. The molecule has 1 aromatic carbocycles. The van der Waals surface area contributed by atoms with E-state index in [-0.39, 0.29) is 0 Å². The Hall–Kier alpha value is -1.39. The van der Waals surface area contributed by atoms with E-state index in [1.807, 2.05) is 0 Å². The smallest absolute Gasteiger partial charge is 0.335 e. The Kier molecular flexibility index (Phi) is 4.56. The molecule has 19 heavy (non-hydrogen) atoms. The van der Waals surface area contributed by atoms with Gasteiger partial charge in [-0.3, -0.25) is 0 Å². The van der Waals surface area contributed by atoms with E-state index in [2.05, 4.69) is 5.32 Å². The molecule has 0 heterocycles. The first-order valence-electron chi connectivity index (χ1n) is 6.84. The van der Waals surface area contributed by atoms with E-state index >= 15 is 0 Å². The molecule has 4 heteroatoms. The molecule has 0 aliphatic heterocycles. The van der Waals surface area contributed by atoms with E-state index < -0.39 is 11.6 Å². The topological polar surface area (TPSA) is 69.6 Å². The van der Waals surface area contributed by atoms with E-state index in [0.29, 0.717) is 18.7 Å². The highest BCUT2D eigenvalue weighted by atomic mass is 16.4. The molecular formula is C15H21NO3. The van der Waals surface area contributed by atoms with Crippen LogP contribution in [0.15, 0.2) is 24.3 Å². The zero-order valence-corrected chi connectivity index (χ0v) is 11.1. The lowest BCUT2D eigenvalue weighted by atomic mass is 9.85. The van der Waals surface area contributed by atoms with Gasteiger partial charge in [0.05, 0.1) is 11.2 Å². The van der Waals surface area contributed by atoms with Crippen LogP contribution in [-0.2, 0) is 6.54 Å². The molecule has 3 N–H and O–H groups in total. The number of benzene rings is 1. The first kappa shape index (κ1) is 14.0. The van der Waals surface area contributed by atoms with Crippen LogP contribution >= 0.6 is 0 Å². The summed E-state index contributed by atoms with van der Waals surface area (Å²) in [5.41, 5.74) is 0.776. The number of carbonyl (C=O) groups is 1. The molecule has 0 amide bonds. The number of aliphatic hydroxyl groups is 1. The highest BCUT2D eigenvalue weighted by Gasteiger charge is 2.28. The monoisotopic (exact) mass is 263 g/mol. The number of hydrogen-bond donors (Lipinski definition) is 3. The van der Waals surface area contributed by atoms with Crippen LogP contribution in [0.4, 0.5) is 0 Å². The highest BCUT2D eigenvalue weighted by molar-refractivity contribution is 5.87. The molecule has 0 unspecified atom stereocenters. The van der Waals surface area contributed by atoms with E-state index in [1.54, 1.807) is 24.3 Å². The molecule has 104 valence electrons. The van der Waals surface area contributed by atoms with Crippen molar-refractivity contribution in [3.05, 3.63) is 35.4 Å². The van der Waals surface area contributed by atoms with Crippen LogP contribution < -0.4 is 5.32 Å². The summed E-state index contributed by atoms with van der Waals surface area (Å²) in [7, 11) is 0. The van der Waals surface area contributed by atoms with Gasteiger partial charge in [0.2, 0.25) is 0 Å². The average Bonchev–Trinajstić information content (AvgIpc) is 2.40. The van der Waals surface area contributed by atoms with E-state index in [0.717, 1.165) is 31.2 Å². The zero-order valence-electron chi connectivity index (χ0n) is 11.1. The predicted octanol–water partition coefficient (Wildman–Crippen LogP) is 2.17. The summed E-state index contributed by atoms with van der Waals surface area (Å²) in [4.78, 5) is 10.7. The van der Waals surface area contributed by atoms with Crippen molar-refractivity contribution >= 4 is 5.97 Å². The fraction of sp³-hybridized carbons (Fsp3) is 0.533. The van der Waals surface area contributed by atoms with Gasteiger partial charge in [0.1, 0.15) is 0 Å². The molecule has 0 spiro atoms. The lowest BCUT2D eigenvalue weighted by molar-refractivity contribution is 0.00467. The third-order valence-corrected chi connectivity index (χ3v) is 3.77. The van der Waals surface area contributed by atoms with Crippen molar-refractivity contribution in [2.24, 2.45) is 0 Å². The Labute approximate surface area is 113 Å². The van der Waals surface area contributed by atoms with Crippen LogP contribution in [0.5, 0.6) is 0 Å². The molecule has 1 aliphatic rings. The van der Waals surface area contributed by atoms with Crippen LogP contribution in [0, 0.1) is 0 Å². The van der Waals surface area contributed by atoms with Gasteiger partial charge in [-0.25, -0.2) is 4.79 Å². The molecule has 0 bridgehead atoms. The van der Waals surface area contributed by atoms with Crippen molar-refractivity contribution in [2.75, 3.05) is 6.54 Å². The minimum Gasteiger partial charge on any atom is -0.478 e. The Morgan fingerprint density at radius 1 is 1.16 bits per heavy atom. The van der Waals surface area contributed by atoms with Crippen LogP contribution in [0.2, 0.25) is 0 Å². The van der Waals surface area contributed by atoms with Crippen LogP contribution in [0.25, 0.3) is 0 Å². The molecule has 1 aromatic rings. The molecule has 0 saturated heterocycles. The minimum atomic E-state index is -0.906. The van der Waals surface area contributed by atoms with Gasteiger partial charge in [-0.05, 0) is 30.5 Å². The molecule has 0 aromatic heterocycles. The second-order valence-corrected chi connectivity index (χ2v) is 5.39. The molecule has 2 rings (SSSR count). The average molecular weight is 263 g/mol. The summed E-state index contributed by atoms with van der Waals surface area (Å²) in [6.45, 7) is 1.26. The zero-order chi connectivity index (χ0) is 13.7. The molecule has 1 fully saturated rings. The fourth-order valence-corrected chi connectivity index (χ4v) is 2.59. The van der Waals surface area contributed by atoms with Crippen molar-refractivity contribution in [1.29, 1.82) is 0 Å². The fourth-order valence-electron chi connectivity index (χ4n) is 2.59. The first-order valence-corrected chi connectivity index (χ1v) is 6.84. The lowest BCUT2D eigenvalue weighted by Gasteiger charge is -2.32. The van der Waals surface area contributed by atoms with Gasteiger partial charge in [-0.15, -0.1) is 0 Å². The van der Waals surface area contributed by atoms with Gasteiger partial charge in [-0.2, -0.15) is 0 Å². The highest BCUT2D eigenvalue weighted by Crippen LogP contribution is 2.27. The second-order valence-electron chi connectivity index (χ2n) is 5.39. The third kappa shape index (κ3) is 4.04. The van der Waals surface area contributed by atoms with Crippen LogP contribution in [0.3, 0.4) is 0 Å². The van der Waals surface area contributed by atoms with Gasteiger partial charge < -0.3 is 15.5 Å². The molecule has 0 atom stereocenters. The summed E-state index contributed by atoms with van der Waals surface area (Å²) < 4.78 is 0. The first-order chi connectivity index (χ1) is 9.09. The maximum Gasteiger partial charge on any atom is 0.335 e. The van der Waals surface area contributed by atoms with Crippen molar-refractivity contribution in [3.63, 3.8) is 0 Å². The van der Waals surface area contributed by atoms with Gasteiger partial charge in [0.15, 0.2) is 0 Å². The van der Waals surface area contributed by atoms with E-state index in [1.165, 1.54) is 6.42 Å². The Morgan fingerprint density at radius 2 is 1.79 bits per heavy atom. The number of nitrogens with one attached hydrogen (secondary N) is 1. The predicted molar refractivity (Wildman–Crippen MR) is 73.1 cm³/mol. The van der Waals surface area contributed by atoms with Crippen molar-refractivity contribution < 1.29 is 15.0 Å². The van der Waals surface area contributed by atoms with Crippen LogP contribution in [-0.4, -0.2) is 28.3 Å². The maximum atomic E-state index is 10.7. The standard InChI is InChI=1S/C15H21NO3/c17-14(18)13-6-4-12(5-7-13)10-16-11-15(19)8-2-1-3-9-15/h4-7,16,19H,1-3,8-11H2,(H,17,18). The van der Waals surface area contributed by atoms with Gasteiger partial charge in [0, 0.05) is 13.1 Å². The SMILES string of the molecule is O=C(O)c1ccc(CNCC2(O)CCCCC2)cc1. The van der Waals surface area contributed by atoms with Gasteiger partial charge >= 0.3 is 5.97 Å². The molecule has 4 nitrogen and oxygen atoms in total. The maximum absolute atomic E-state index is 10.7. The number of rotatable bonds is 5. The molecule has 0 radical (unpaired) electrons. The second kappa shape index (κ2) is 6.17. The van der Waals surface area contributed by atoms with Gasteiger partial charge in [-0.1, -0.05) is 31.4 Å². The van der Waals surface area contributed by atoms with E-state index in [9.17, 15) is 9.90 Å². The lowest BCUT2D eigenvalue weighted by Crippen LogP contribution is -2.41. The van der Waals surface area contributed by atoms with Gasteiger partial charge in [0.25, 0.3) is 0 Å². The van der Waals surface area contributed by atoms with Crippen molar-refractivity contribution in [3.8, 4) is 0 Å². The van der Waals surface area contributed by atoms with E-state index in [4.69, 9.17) is 5.11 Å². The van der Waals surface area contributed by atoms with Crippen molar-refractivity contribution in [2.45, 2.75) is 44.2 Å². The summed E-state index contributed by atoms with van der Waals surface area (Å²) in [5, 5.41) is 22.4. The molecule has 1 aliphatic carbocycles. The number of carboxylic acid groups (broad SMARTS) is 1. The summed E-state index contributed by atoms with van der Waals surface area (Å²) >= 11 is 0. The summed E-state index contributed by atoms with van der Waals surface area (Å²) in [6.07, 6.45) is 5.17. The quantitative estimate of drug-likeness (QED) is 0.761. The largest absolute Gasteiger partial charge is 0.478 e. The normalized spacial score (nSPS) is 18.2. The summed E-state index contributed by atoms with van der Waals surface area (Å²) in [6, 6.07) is 6.83. The number of aromatic carboxylic acids is 1.